The Bertz CT molecular complexity index is 548. The van der Waals surface area contributed by atoms with Crippen LogP contribution < -0.4 is 11.3 Å². The standard InChI is InChI=1S/C11H16ClN5S/c1-4-17-10(8(12)5-14-17)9(16-13)11-6(2)15-7(3)18-11/h5,9,16H,4,13H2,1-3H3. The quantitative estimate of drug-likeness (QED) is 0.667. The molecule has 0 radical (unpaired) electrons. The van der Waals surface area contributed by atoms with E-state index in [2.05, 4.69) is 15.5 Å². The summed E-state index contributed by atoms with van der Waals surface area (Å²) in [4.78, 5) is 5.50. The number of nitrogens with zero attached hydrogens (tertiary/aromatic N) is 3. The van der Waals surface area contributed by atoms with Gasteiger partial charge < -0.3 is 0 Å². The predicted octanol–water partition coefficient (Wildman–Crippen LogP) is 2.18. The maximum absolute atomic E-state index is 6.21. The van der Waals surface area contributed by atoms with Crippen LogP contribution in [0.1, 0.15) is 34.2 Å². The van der Waals surface area contributed by atoms with Gasteiger partial charge >= 0.3 is 0 Å². The first-order valence-corrected chi connectivity index (χ1v) is 6.89. The van der Waals surface area contributed by atoms with Crippen molar-refractivity contribution in [2.75, 3.05) is 0 Å². The number of hydrazine groups is 1. The lowest BCUT2D eigenvalue weighted by Gasteiger charge is -2.17. The molecule has 1 unspecified atom stereocenters. The van der Waals surface area contributed by atoms with Crippen molar-refractivity contribution in [3.63, 3.8) is 0 Å². The Labute approximate surface area is 115 Å². The van der Waals surface area contributed by atoms with Crippen LogP contribution in [0.25, 0.3) is 0 Å². The van der Waals surface area contributed by atoms with Crippen LogP contribution in [-0.2, 0) is 6.54 Å². The molecule has 0 amide bonds. The summed E-state index contributed by atoms with van der Waals surface area (Å²) in [6.45, 7) is 6.72. The number of rotatable bonds is 4. The number of halogens is 1. The summed E-state index contributed by atoms with van der Waals surface area (Å²) in [6, 6.07) is -0.175. The maximum Gasteiger partial charge on any atom is 0.100 e. The van der Waals surface area contributed by atoms with Gasteiger partial charge in [-0.25, -0.2) is 10.4 Å². The second-order valence-corrected chi connectivity index (χ2v) is 5.62. The van der Waals surface area contributed by atoms with Crippen LogP contribution >= 0.6 is 22.9 Å². The van der Waals surface area contributed by atoms with Crippen molar-refractivity contribution in [2.45, 2.75) is 33.4 Å². The summed E-state index contributed by atoms with van der Waals surface area (Å²) in [5.41, 5.74) is 4.67. The van der Waals surface area contributed by atoms with Gasteiger partial charge in [-0.05, 0) is 20.8 Å². The van der Waals surface area contributed by atoms with Crippen LogP contribution in [0.5, 0.6) is 0 Å². The highest BCUT2D eigenvalue weighted by atomic mass is 35.5. The van der Waals surface area contributed by atoms with Gasteiger partial charge in [0.1, 0.15) is 6.04 Å². The van der Waals surface area contributed by atoms with E-state index in [1.165, 1.54) is 0 Å². The van der Waals surface area contributed by atoms with E-state index in [-0.39, 0.29) is 6.04 Å². The van der Waals surface area contributed by atoms with Gasteiger partial charge in [-0.2, -0.15) is 5.10 Å². The molecule has 0 aromatic carbocycles. The van der Waals surface area contributed by atoms with Crippen LogP contribution in [-0.4, -0.2) is 14.8 Å². The second kappa shape index (κ2) is 5.36. The number of nitrogens with one attached hydrogen (secondary N) is 1. The zero-order valence-electron chi connectivity index (χ0n) is 10.6. The minimum atomic E-state index is -0.175. The molecule has 18 heavy (non-hydrogen) atoms. The van der Waals surface area contributed by atoms with Crippen LogP contribution in [0.3, 0.4) is 0 Å². The topological polar surface area (TPSA) is 68.8 Å². The van der Waals surface area contributed by atoms with Gasteiger partial charge in [0.15, 0.2) is 0 Å². The van der Waals surface area contributed by atoms with Crippen LogP contribution in [0, 0.1) is 13.8 Å². The molecule has 0 aliphatic rings. The molecule has 2 aromatic heterocycles. The summed E-state index contributed by atoms with van der Waals surface area (Å²) >= 11 is 7.83. The van der Waals surface area contributed by atoms with Crippen molar-refractivity contribution in [3.8, 4) is 0 Å². The van der Waals surface area contributed by atoms with Crippen molar-refractivity contribution in [1.29, 1.82) is 0 Å². The summed E-state index contributed by atoms with van der Waals surface area (Å²) in [5.74, 6) is 5.70. The van der Waals surface area contributed by atoms with Gasteiger partial charge in [-0.1, -0.05) is 11.6 Å². The maximum atomic E-state index is 6.21. The third-order valence-corrected chi connectivity index (χ3v) is 4.20. The first-order valence-electron chi connectivity index (χ1n) is 5.69. The summed E-state index contributed by atoms with van der Waals surface area (Å²) < 4.78 is 1.85. The minimum Gasteiger partial charge on any atom is -0.270 e. The van der Waals surface area contributed by atoms with E-state index < -0.39 is 0 Å². The molecular formula is C11H16ClN5S. The molecule has 3 N–H and O–H groups in total. The van der Waals surface area contributed by atoms with Crippen molar-refractivity contribution < 1.29 is 0 Å². The van der Waals surface area contributed by atoms with E-state index >= 15 is 0 Å². The van der Waals surface area contributed by atoms with Crippen LogP contribution in [0.4, 0.5) is 0 Å². The summed E-state index contributed by atoms with van der Waals surface area (Å²) in [7, 11) is 0. The van der Waals surface area contributed by atoms with E-state index in [1.807, 2.05) is 25.5 Å². The Kier molecular flexibility index (Phi) is 4.01. The van der Waals surface area contributed by atoms with Crippen molar-refractivity contribution >= 4 is 22.9 Å². The van der Waals surface area contributed by atoms with Crippen molar-refractivity contribution in [3.05, 3.63) is 32.5 Å². The summed E-state index contributed by atoms with van der Waals surface area (Å²) in [6.07, 6.45) is 1.65. The van der Waals surface area contributed by atoms with Gasteiger partial charge in [0.25, 0.3) is 0 Å². The first-order chi connectivity index (χ1) is 8.58. The molecule has 98 valence electrons. The molecule has 2 heterocycles. The molecule has 0 aliphatic carbocycles. The van der Waals surface area contributed by atoms with Crippen molar-refractivity contribution in [1.82, 2.24) is 20.2 Å². The normalized spacial score (nSPS) is 12.9. The fourth-order valence-electron chi connectivity index (χ4n) is 2.00. The zero-order valence-corrected chi connectivity index (χ0v) is 12.1. The number of hydrogen-bond donors (Lipinski definition) is 2. The number of nitrogens with two attached hydrogens (primary N) is 1. The Morgan fingerprint density at radius 2 is 2.28 bits per heavy atom. The number of hydrogen-bond acceptors (Lipinski definition) is 5. The number of aromatic nitrogens is 3. The molecule has 0 bridgehead atoms. The Morgan fingerprint density at radius 1 is 1.56 bits per heavy atom. The number of thiazole rings is 1. The second-order valence-electron chi connectivity index (χ2n) is 3.98. The van der Waals surface area contributed by atoms with E-state index in [0.717, 1.165) is 27.8 Å². The van der Waals surface area contributed by atoms with Crippen LogP contribution in [0.15, 0.2) is 6.20 Å². The highest BCUT2D eigenvalue weighted by Gasteiger charge is 2.24. The highest BCUT2D eigenvalue weighted by Crippen LogP contribution is 2.32. The average Bonchev–Trinajstić information content (AvgIpc) is 2.85. The van der Waals surface area contributed by atoms with Gasteiger partial charge in [0, 0.05) is 6.54 Å². The Morgan fingerprint density at radius 3 is 2.78 bits per heavy atom. The fraction of sp³-hybridized carbons (Fsp3) is 0.455. The van der Waals surface area contributed by atoms with Gasteiger partial charge in [-0.15, -0.1) is 11.3 Å². The van der Waals surface area contributed by atoms with E-state index in [9.17, 15) is 0 Å². The molecule has 0 fully saturated rings. The third-order valence-electron chi connectivity index (χ3n) is 2.77. The molecule has 2 aromatic rings. The molecule has 2 rings (SSSR count). The van der Waals surface area contributed by atoms with E-state index in [4.69, 9.17) is 17.4 Å². The highest BCUT2D eigenvalue weighted by molar-refractivity contribution is 7.11. The minimum absolute atomic E-state index is 0.175. The van der Waals surface area contributed by atoms with E-state index in [1.54, 1.807) is 17.5 Å². The molecule has 5 nitrogen and oxygen atoms in total. The van der Waals surface area contributed by atoms with Gasteiger partial charge in [-0.3, -0.25) is 10.5 Å². The fourth-order valence-corrected chi connectivity index (χ4v) is 3.25. The Balaban J connectivity index is 2.51. The van der Waals surface area contributed by atoms with Crippen LogP contribution in [0.2, 0.25) is 5.02 Å². The molecular weight excluding hydrogens is 270 g/mol. The van der Waals surface area contributed by atoms with Crippen molar-refractivity contribution in [2.24, 2.45) is 5.84 Å². The third kappa shape index (κ3) is 2.29. The molecule has 0 spiro atoms. The lowest BCUT2D eigenvalue weighted by Crippen LogP contribution is -2.30. The smallest absolute Gasteiger partial charge is 0.100 e. The van der Waals surface area contributed by atoms with E-state index in [0.29, 0.717) is 5.02 Å². The summed E-state index contributed by atoms with van der Waals surface area (Å²) in [5, 5.41) is 5.87. The molecule has 1 atom stereocenters. The SMILES string of the molecule is CCn1ncc(Cl)c1C(NN)c1sc(C)nc1C. The Hall–Kier alpha value is -0.950. The zero-order chi connectivity index (χ0) is 13.3. The lowest BCUT2D eigenvalue weighted by molar-refractivity contribution is 0.546. The molecule has 0 saturated heterocycles. The molecule has 0 saturated carbocycles. The molecule has 7 heteroatoms. The number of aryl methyl sites for hydroxylation is 3. The molecule has 0 aliphatic heterocycles. The lowest BCUT2D eigenvalue weighted by atomic mass is 10.1. The first kappa shape index (κ1) is 13.5. The van der Waals surface area contributed by atoms with Gasteiger partial charge in [0.05, 0.1) is 32.5 Å². The predicted molar refractivity (Wildman–Crippen MR) is 73.7 cm³/mol. The average molecular weight is 286 g/mol. The van der Waals surface area contributed by atoms with Gasteiger partial charge in [0.2, 0.25) is 0 Å². The largest absolute Gasteiger partial charge is 0.270 e. The monoisotopic (exact) mass is 285 g/mol.